The van der Waals surface area contributed by atoms with Crippen LogP contribution in [0.3, 0.4) is 0 Å². The summed E-state index contributed by atoms with van der Waals surface area (Å²) < 4.78 is 21.0. The Labute approximate surface area is 176 Å². The second kappa shape index (κ2) is 10.4. The lowest BCUT2D eigenvalue weighted by atomic mass is 10.1. The smallest absolute Gasteiger partial charge is 0.309 e. The van der Waals surface area contributed by atoms with Gasteiger partial charge in [-0.3, -0.25) is 9.59 Å². The Hall–Kier alpha value is -3.42. The Bertz CT molecular complexity index is 826. The number of carbonyl (C=O) groups excluding carboxylic acids is 2. The van der Waals surface area contributed by atoms with Gasteiger partial charge in [-0.05, 0) is 49.2 Å². The predicted octanol–water partition coefficient (Wildman–Crippen LogP) is 2.78. The molecular weight excluding hydrogens is 388 g/mol. The molecule has 162 valence electrons. The molecule has 0 saturated heterocycles. The molecule has 2 aromatic rings. The predicted molar refractivity (Wildman–Crippen MR) is 112 cm³/mol. The Morgan fingerprint density at radius 1 is 0.633 bits per heavy atom. The number of benzene rings is 2. The number of nitrogens with one attached hydrogen (secondary N) is 2. The van der Waals surface area contributed by atoms with E-state index in [1.807, 2.05) is 0 Å². The summed E-state index contributed by atoms with van der Waals surface area (Å²) in [5, 5.41) is 5.38. The molecule has 0 aliphatic rings. The number of carbonyl (C=O) groups is 2. The lowest BCUT2D eigenvalue weighted by Gasteiger charge is -2.18. The third-order valence-electron chi connectivity index (χ3n) is 4.72. The van der Waals surface area contributed by atoms with Gasteiger partial charge in [0.05, 0.1) is 40.5 Å². The van der Waals surface area contributed by atoms with Gasteiger partial charge in [-0.2, -0.15) is 0 Å². The first-order valence-corrected chi connectivity index (χ1v) is 9.39. The molecule has 2 unspecified atom stereocenters. The summed E-state index contributed by atoms with van der Waals surface area (Å²) in [4.78, 5) is 24.7. The zero-order valence-electron chi connectivity index (χ0n) is 18.1. The number of rotatable bonds is 8. The summed E-state index contributed by atoms with van der Waals surface area (Å²) in [6.45, 7) is 3.56. The number of hydrogen-bond donors (Lipinski definition) is 2. The summed E-state index contributed by atoms with van der Waals surface area (Å²) in [5.41, 5.74) is 1.56. The minimum Gasteiger partial charge on any atom is -0.493 e. The van der Waals surface area contributed by atoms with Crippen LogP contribution < -0.4 is 29.6 Å². The molecule has 0 heterocycles. The van der Waals surface area contributed by atoms with Crippen LogP contribution in [0.2, 0.25) is 0 Å². The molecule has 2 amide bonds. The van der Waals surface area contributed by atoms with Gasteiger partial charge < -0.3 is 29.6 Å². The van der Waals surface area contributed by atoms with E-state index in [0.717, 1.165) is 11.1 Å². The zero-order chi connectivity index (χ0) is 22.3. The minimum atomic E-state index is -0.732. The van der Waals surface area contributed by atoms with Crippen molar-refractivity contribution in [3.63, 3.8) is 0 Å². The number of amides is 2. The molecule has 0 saturated carbocycles. The van der Waals surface area contributed by atoms with Crippen molar-refractivity contribution in [2.24, 2.45) is 0 Å². The fourth-order valence-electron chi connectivity index (χ4n) is 2.94. The van der Waals surface area contributed by atoms with E-state index in [9.17, 15) is 9.59 Å². The Morgan fingerprint density at radius 3 is 1.27 bits per heavy atom. The first-order valence-electron chi connectivity index (χ1n) is 9.39. The van der Waals surface area contributed by atoms with E-state index in [2.05, 4.69) is 10.6 Å². The van der Waals surface area contributed by atoms with Crippen molar-refractivity contribution in [1.29, 1.82) is 0 Å². The lowest BCUT2D eigenvalue weighted by molar-refractivity contribution is -0.140. The molecule has 8 heteroatoms. The average Bonchev–Trinajstić information content (AvgIpc) is 2.77. The maximum absolute atomic E-state index is 12.4. The summed E-state index contributed by atoms with van der Waals surface area (Å²) in [7, 11) is 6.17. The van der Waals surface area contributed by atoms with Crippen molar-refractivity contribution in [2.45, 2.75) is 25.9 Å². The van der Waals surface area contributed by atoms with E-state index in [0.29, 0.717) is 23.0 Å². The summed E-state index contributed by atoms with van der Waals surface area (Å²) in [6, 6.07) is 9.81. The van der Waals surface area contributed by atoms with Crippen LogP contribution >= 0.6 is 0 Å². The molecule has 0 aliphatic heterocycles. The van der Waals surface area contributed by atoms with E-state index in [4.69, 9.17) is 18.9 Å². The van der Waals surface area contributed by atoms with Crippen LogP contribution in [-0.2, 0) is 9.59 Å². The molecule has 2 N–H and O–H groups in total. The van der Waals surface area contributed by atoms with E-state index in [1.54, 1.807) is 64.5 Å². The second-order valence-corrected chi connectivity index (χ2v) is 6.62. The fourth-order valence-corrected chi connectivity index (χ4v) is 2.94. The van der Waals surface area contributed by atoms with Crippen LogP contribution in [0.5, 0.6) is 23.0 Å². The molecule has 0 spiro atoms. The van der Waals surface area contributed by atoms with E-state index >= 15 is 0 Å². The van der Waals surface area contributed by atoms with Crippen molar-refractivity contribution in [1.82, 2.24) is 10.6 Å². The summed E-state index contributed by atoms with van der Waals surface area (Å²) >= 11 is 0. The average molecular weight is 416 g/mol. The zero-order valence-corrected chi connectivity index (χ0v) is 18.1. The molecular formula is C22H28N2O6. The number of ether oxygens (including phenoxy) is 4. The molecule has 0 fully saturated rings. The standard InChI is InChI=1S/C22H28N2O6/c1-13(15-7-9-17(27-3)19(11-15)29-5)23-21(25)22(26)24-14(2)16-8-10-18(28-4)20(12-16)30-6/h7-14H,1-6H3,(H,23,25)(H,24,26). The Morgan fingerprint density at radius 2 is 0.967 bits per heavy atom. The van der Waals surface area contributed by atoms with Gasteiger partial charge in [0.1, 0.15) is 0 Å². The highest BCUT2D eigenvalue weighted by atomic mass is 16.5. The van der Waals surface area contributed by atoms with E-state index in [-0.39, 0.29) is 0 Å². The van der Waals surface area contributed by atoms with Crippen LogP contribution in [0.15, 0.2) is 36.4 Å². The quantitative estimate of drug-likeness (QED) is 0.643. The minimum absolute atomic E-state index is 0.403. The van der Waals surface area contributed by atoms with Crippen LogP contribution in [0.4, 0.5) is 0 Å². The molecule has 0 aromatic heterocycles. The lowest BCUT2D eigenvalue weighted by Crippen LogP contribution is -2.41. The van der Waals surface area contributed by atoms with Gasteiger partial charge in [0, 0.05) is 0 Å². The third kappa shape index (κ3) is 5.34. The summed E-state index contributed by atoms with van der Waals surface area (Å²) in [5.74, 6) is 0.794. The highest BCUT2D eigenvalue weighted by Gasteiger charge is 2.21. The van der Waals surface area contributed by atoms with Gasteiger partial charge in [0.25, 0.3) is 0 Å². The maximum Gasteiger partial charge on any atom is 0.309 e. The summed E-state index contributed by atoms with van der Waals surface area (Å²) in [6.07, 6.45) is 0. The van der Waals surface area contributed by atoms with Crippen molar-refractivity contribution in [3.8, 4) is 23.0 Å². The third-order valence-corrected chi connectivity index (χ3v) is 4.72. The van der Waals surface area contributed by atoms with Crippen LogP contribution in [0, 0.1) is 0 Å². The maximum atomic E-state index is 12.4. The monoisotopic (exact) mass is 416 g/mol. The molecule has 0 radical (unpaired) electrons. The molecule has 2 aromatic carbocycles. The molecule has 2 atom stereocenters. The van der Waals surface area contributed by atoms with Crippen LogP contribution in [-0.4, -0.2) is 40.3 Å². The topological polar surface area (TPSA) is 95.1 Å². The highest BCUT2D eigenvalue weighted by Crippen LogP contribution is 2.31. The van der Waals surface area contributed by atoms with Crippen LogP contribution in [0.1, 0.15) is 37.1 Å². The molecule has 0 bridgehead atoms. The normalized spacial score (nSPS) is 12.3. The first kappa shape index (κ1) is 22.9. The number of hydrogen-bond acceptors (Lipinski definition) is 6. The number of methoxy groups -OCH3 is 4. The van der Waals surface area contributed by atoms with Crippen LogP contribution in [0.25, 0.3) is 0 Å². The largest absolute Gasteiger partial charge is 0.493 e. The van der Waals surface area contributed by atoms with Crippen molar-refractivity contribution < 1.29 is 28.5 Å². The van der Waals surface area contributed by atoms with Gasteiger partial charge in [-0.15, -0.1) is 0 Å². The van der Waals surface area contributed by atoms with Gasteiger partial charge in [0.2, 0.25) is 0 Å². The van der Waals surface area contributed by atoms with Gasteiger partial charge in [-0.1, -0.05) is 12.1 Å². The van der Waals surface area contributed by atoms with Gasteiger partial charge in [-0.25, -0.2) is 0 Å². The molecule has 0 aliphatic carbocycles. The van der Waals surface area contributed by atoms with E-state index in [1.165, 1.54) is 14.2 Å². The molecule has 30 heavy (non-hydrogen) atoms. The van der Waals surface area contributed by atoms with Crippen molar-refractivity contribution in [3.05, 3.63) is 47.5 Å². The molecule has 2 rings (SSSR count). The second-order valence-electron chi connectivity index (χ2n) is 6.62. The highest BCUT2D eigenvalue weighted by molar-refractivity contribution is 6.35. The van der Waals surface area contributed by atoms with Gasteiger partial charge >= 0.3 is 11.8 Å². The van der Waals surface area contributed by atoms with Crippen molar-refractivity contribution in [2.75, 3.05) is 28.4 Å². The fraction of sp³-hybridized carbons (Fsp3) is 0.364. The Kier molecular flexibility index (Phi) is 7.91. The van der Waals surface area contributed by atoms with Crippen molar-refractivity contribution >= 4 is 11.8 Å². The molecule has 8 nitrogen and oxygen atoms in total. The Balaban J connectivity index is 2.03. The SMILES string of the molecule is COc1ccc(C(C)NC(=O)C(=O)NC(C)c2ccc(OC)c(OC)c2)cc1OC. The van der Waals surface area contributed by atoms with E-state index < -0.39 is 23.9 Å². The first-order chi connectivity index (χ1) is 14.3. The van der Waals surface area contributed by atoms with Gasteiger partial charge in [0.15, 0.2) is 23.0 Å².